The molecule has 3 N–H and O–H groups in total. The maximum absolute atomic E-state index is 9.42. The minimum atomic E-state index is -0.284. The van der Waals surface area contributed by atoms with Gasteiger partial charge in [0.2, 0.25) is 0 Å². The van der Waals surface area contributed by atoms with Crippen LogP contribution in [0.5, 0.6) is 0 Å². The van der Waals surface area contributed by atoms with Crippen LogP contribution in [0.2, 0.25) is 5.02 Å². The highest BCUT2D eigenvalue weighted by Gasteiger charge is 2.23. The first-order valence-electron chi connectivity index (χ1n) is 5.50. The molecule has 0 aromatic heterocycles. The van der Waals surface area contributed by atoms with Crippen LogP contribution in [0.4, 0.5) is 0 Å². The van der Waals surface area contributed by atoms with Crippen LogP contribution >= 0.6 is 23.2 Å². The van der Waals surface area contributed by atoms with Gasteiger partial charge in [-0.15, -0.1) is 11.6 Å². The number of nitrogens with two attached hydrogens (primary N) is 1. The second-order valence-corrected chi connectivity index (χ2v) is 4.88. The molecule has 0 amide bonds. The largest absolute Gasteiger partial charge is 0.395 e. The Balaban J connectivity index is 2.78. The number of hydrogen-bond donors (Lipinski definition) is 2. The van der Waals surface area contributed by atoms with Crippen molar-refractivity contribution in [1.29, 1.82) is 0 Å². The maximum atomic E-state index is 9.42. The van der Waals surface area contributed by atoms with Crippen molar-refractivity contribution in [2.24, 2.45) is 5.73 Å². The summed E-state index contributed by atoms with van der Waals surface area (Å²) in [6, 6.07) is 7.19. The lowest BCUT2D eigenvalue weighted by Crippen LogP contribution is -2.40. The van der Waals surface area contributed by atoms with Gasteiger partial charge in [0.05, 0.1) is 18.0 Å². The third-order valence-corrected chi connectivity index (χ3v) is 3.56. The molecule has 0 aliphatic heterocycles. The van der Waals surface area contributed by atoms with E-state index in [0.29, 0.717) is 18.1 Å². The molecule has 0 aliphatic rings. The molecule has 0 radical (unpaired) electrons. The Bertz CT molecular complexity index is 332. The number of aliphatic hydroxyl groups is 1. The summed E-state index contributed by atoms with van der Waals surface area (Å²) >= 11 is 12.2. The van der Waals surface area contributed by atoms with Crippen molar-refractivity contribution in [1.82, 2.24) is 4.90 Å². The molecule has 17 heavy (non-hydrogen) atoms. The van der Waals surface area contributed by atoms with Gasteiger partial charge in [-0.05, 0) is 24.7 Å². The van der Waals surface area contributed by atoms with E-state index >= 15 is 0 Å². The van der Waals surface area contributed by atoms with Gasteiger partial charge in [-0.25, -0.2) is 0 Å². The van der Waals surface area contributed by atoms with Crippen LogP contribution in [0, 0.1) is 0 Å². The zero-order valence-electron chi connectivity index (χ0n) is 9.81. The first-order chi connectivity index (χ1) is 8.10. The van der Waals surface area contributed by atoms with E-state index in [0.717, 1.165) is 5.56 Å². The van der Waals surface area contributed by atoms with Crippen LogP contribution in [-0.2, 0) is 0 Å². The van der Waals surface area contributed by atoms with Crippen molar-refractivity contribution in [2.75, 3.05) is 26.7 Å². The second kappa shape index (κ2) is 7.19. The fourth-order valence-electron chi connectivity index (χ4n) is 1.69. The first kappa shape index (κ1) is 14.7. The van der Waals surface area contributed by atoms with Crippen LogP contribution in [0.3, 0.4) is 0 Å². The molecule has 0 bridgehead atoms. The molecule has 5 heteroatoms. The van der Waals surface area contributed by atoms with Gasteiger partial charge in [0.1, 0.15) is 0 Å². The predicted molar refractivity (Wildman–Crippen MR) is 72.6 cm³/mol. The number of nitrogens with zero attached hydrogens (tertiary/aromatic N) is 1. The van der Waals surface area contributed by atoms with E-state index in [2.05, 4.69) is 0 Å². The Kier molecular flexibility index (Phi) is 6.23. The molecule has 0 fully saturated rings. The number of benzene rings is 1. The minimum absolute atomic E-state index is 0.00665. The van der Waals surface area contributed by atoms with E-state index < -0.39 is 0 Å². The van der Waals surface area contributed by atoms with Crippen molar-refractivity contribution in [3.05, 3.63) is 34.9 Å². The van der Waals surface area contributed by atoms with Gasteiger partial charge in [0, 0.05) is 18.1 Å². The molecule has 0 saturated carbocycles. The number of alkyl halides is 1. The highest BCUT2D eigenvalue weighted by Crippen LogP contribution is 2.27. The number of aliphatic hydroxyl groups excluding tert-OH is 1. The molecule has 0 saturated heterocycles. The molecule has 2 atom stereocenters. The zero-order valence-corrected chi connectivity index (χ0v) is 11.3. The lowest BCUT2D eigenvalue weighted by Gasteiger charge is -2.30. The molecule has 0 heterocycles. The number of halogens is 2. The molecule has 0 aliphatic carbocycles. The maximum Gasteiger partial charge on any atom is 0.0762 e. The van der Waals surface area contributed by atoms with Crippen LogP contribution in [0.25, 0.3) is 0 Å². The highest BCUT2D eigenvalue weighted by atomic mass is 35.5. The van der Waals surface area contributed by atoms with Gasteiger partial charge in [0.15, 0.2) is 0 Å². The third kappa shape index (κ3) is 4.12. The van der Waals surface area contributed by atoms with E-state index in [1.165, 1.54) is 0 Å². The van der Waals surface area contributed by atoms with Crippen molar-refractivity contribution in [2.45, 2.75) is 11.4 Å². The quantitative estimate of drug-likeness (QED) is 0.780. The van der Waals surface area contributed by atoms with Crippen molar-refractivity contribution in [3.8, 4) is 0 Å². The predicted octanol–water partition coefficient (Wildman–Crippen LogP) is 1.87. The molecular weight excluding hydrogens is 259 g/mol. The molecule has 0 spiro atoms. The van der Waals surface area contributed by atoms with Crippen LogP contribution < -0.4 is 5.73 Å². The smallest absolute Gasteiger partial charge is 0.0762 e. The molecule has 3 nitrogen and oxygen atoms in total. The highest BCUT2D eigenvalue weighted by molar-refractivity contribution is 6.30. The summed E-state index contributed by atoms with van der Waals surface area (Å²) in [5.41, 5.74) is 6.44. The number of likely N-dealkylation sites (N-methyl/N-ethyl adjacent to an activating group) is 1. The standard InChI is InChI=1S/C12H18Cl2N2O/c1-16(7-6-15)11(8-17)12(14)9-2-4-10(13)5-3-9/h2-5,11-12,17H,6-8,15H2,1H3. The van der Waals surface area contributed by atoms with Gasteiger partial charge in [-0.3, -0.25) is 4.90 Å². The normalized spacial score (nSPS) is 14.9. The van der Waals surface area contributed by atoms with Crippen molar-refractivity contribution in [3.63, 3.8) is 0 Å². The fraction of sp³-hybridized carbons (Fsp3) is 0.500. The van der Waals surface area contributed by atoms with E-state index in [1.54, 1.807) is 12.1 Å². The molecule has 2 unspecified atom stereocenters. The lowest BCUT2D eigenvalue weighted by atomic mass is 10.0. The van der Waals surface area contributed by atoms with Gasteiger partial charge in [-0.1, -0.05) is 23.7 Å². The van der Waals surface area contributed by atoms with Crippen LogP contribution in [0.15, 0.2) is 24.3 Å². The Morgan fingerprint density at radius 2 is 1.94 bits per heavy atom. The summed E-state index contributed by atoms with van der Waals surface area (Å²) in [5, 5.41) is 9.81. The van der Waals surface area contributed by atoms with Gasteiger partial charge < -0.3 is 10.8 Å². The fourth-order valence-corrected chi connectivity index (χ4v) is 2.24. The Labute approximate surface area is 112 Å². The van der Waals surface area contributed by atoms with Gasteiger partial charge in [-0.2, -0.15) is 0 Å². The summed E-state index contributed by atoms with van der Waals surface area (Å²) in [6.07, 6.45) is 0. The molecule has 1 aromatic rings. The molecule has 96 valence electrons. The SMILES string of the molecule is CN(CCN)C(CO)C(Cl)c1ccc(Cl)cc1. The summed E-state index contributed by atoms with van der Waals surface area (Å²) in [4.78, 5) is 1.96. The Morgan fingerprint density at radius 1 is 1.35 bits per heavy atom. The van der Waals surface area contributed by atoms with E-state index in [1.807, 2.05) is 24.1 Å². The minimum Gasteiger partial charge on any atom is -0.395 e. The molecule has 1 aromatic carbocycles. The van der Waals surface area contributed by atoms with E-state index in [-0.39, 0.29) is 18.0 Å². The zero-order chi connectivity index (χ0) is 12.8. The Morgan fingerprint density at radius 3 is 2.41 bits per heavy atom. The third-order valence-electron chi connectivity index (χ3n) is 2.76. The average Bonchev–Trinajstić information content (AvgIpc) is 2.31. The average molecular weight is 277 g/mol. The summed E-state index contributed by atoms with van der Waals surface area (Å²) in [6.45, 7) is 1.23. The van der Waals surface area contributed by atoms with Crippen molar-refractivity contribution >= 4 is 23.2 Å². The topological polar surface area (TPSA) is 49.5 Å². The van der Waals surface area contributed by atoms with Crippen LogP contribution in [-0.4, -0.2) is 42.8 Å². The van der Waals surface area contributed by atoms with E-state index in [4.69, 9.17) is 28.9 Å². The summed E-state index contributed by atoms with van der Waals surface area (Å²) in [5.74, 6) is 0. The first-order valence-corrected chi connectivity index (χ1v) is 6.32. The summed E-state index contributed by atoms with van der Waals surface area (Å²) in [7, 11) is 1.90. The molecule has 1 rings (SSSR count). The lowest BCUT2D eigenvalue weighted by molar-refractivity contribution is 0.146. The van der Waals surface area contributed by atoms with Crippen molar-refractivity contribution < 1.29 is 5.11 Å². The monoisotopic (exact) mass is 276 g/mol. The van der Waals surface area contributed by atoms with Gasteiger partial charge >= 0.3 is 0 Å². The number of rotatable bonds is 6. The number of hydrogen-bond acceptors (Lipinski definition) is 3. The van der Waals surface area contributed by atoms with Gasteiger partial charge in [0.25, 0.3) is 0 Å². The van der Waals surface area contributed by atoms with Crippen LogP contribution in [0.1, 0.15) is 10.9 Å². The molecular formula is C12H18Cl2N2O. The second-order valence-electron chi connectivity index (χ2n) is 3.97. The summed E-state index contributed by atoms with van der Waals surface area (Å²) < 4.78 is 0. The Hall–Kier alpha value is -0.320. The van der Waals surface area contributed by atoms with E-state index in [9.17, 15) is 5.11 Å².